The summed E-state index contributed by atoms with van der Waals surface area (Å²) in [6.07, 6.45) is 1.57. The maximum atomic E-state index is 11.8. The SMILES string of the molecule is Cc1ccc(-c2csc3ncnc(SCC(=O)N(C)C)c23)cc1. The lowest BCUT2D eigenvalue weighted by Crippen LogP contribution is -2.23. The molecule has 0 fully saturated rings. The summed E-state index contributed by atoms with van der Waals surface area (Å²) in [4.78, 5) is 23.2. The smallest absolute Gasteiger partial charge is 0.232 e. The first-order valence-corrected chi connectivity index (χ1v) is 9.05. The van der Waals surface area contributed by atoms with Crippen LogP contribution in [-0.4, -0.2) is 40.6 Å². The van der Waals surface area contributed by atoms with Gasteiger partial charge in [0.2, 0.25) is 5.91 Å². The van der Waals surface area contributed by atoms with Gasteiger partial charge in [0.15, 0.2) is 0 Å². The monoisotopic (exact) mass is 343 g/mol. The first-order chi connectivity index (χ1) is 11.1. The Morgan fingerprint density at radius 3 is 2.65 bits per heavy atom. The number of hydrogen-bond acceptors (Lipinski definition) is 5. The summed E-state index contributed by atoms with van der Waals surface area (Å²) in [5.41, 5.74) is 3.51. The van der Waals surface area contributed by atoms with Crippen LogP contribution >= 0.6 is 23.1 Å². The number of nitrogens with zero attached hydrogens (tertiary/aromatic N) is 3. The van der Waals surface area contributed by atoms with E-state index in [1.165, 1.54) is 17.3 Å². The van der Waals surface area contributed by atoms with E-state index in [9.17, 15) is 4.79 Å². The van der Waals surface area contributed by atoms with E-state index in [-0.39, 0.29) is 5.91 Å². The molecule has 1 aromatic carbocycles. The molecule has 6 heteroatoms. The second kappa shape index (κ2) is 6.68. The Morgan fingerprint density at radius 2 is 1.96 bits per heavy atom. The van der Waals surface area contributed by atoms with Gasteiger partial charge < -0.3 is 4.90 Å². The molecule has 0 unspecified atom stereocenters. The number of fused-ring (bicyclic) bond motifs is 1. The number of rotatable bonds is 4. The highest BCUT2D eigenvalue weighted by molar-refractivity contribution is 8.00. The fraction of sp³-hybridized carbons (Fsp3) is 0.235. The largest absolute Gasteiger partial charge is 0.348 e. The minimum atomic E-state index is 0.0777. The first-order valence-electron chi connectivity index (χ1n) is 7.18. The molecule has 2 heterocycles. The molecule has 0 radical (unpaired) electrons. The summed E-state index contributed by atoms with van der Waals surface area (Å²) in [5.74, 6) is 0.455. The van der Waals surface area contributed by atoms with Gasteiger partial charge in [-0.05, 0) is 12.5 Å². The minimum Gasteiger partial charge on any atom is -0.348 e. The second-order valence-electron chi connectivity index (χ2n) is 5.45. The Balaban J connectivity index is 2.00. The molecule has 2 aromatic heterocycles. The summed E-state index contributed by atoms with van der Waals surface area (Å²) in [6.45, 7) is 2.08. The van der Waals surface area contributed by atoms with Gasteiger partial charge in [-0.2, -0.15) is 0 Å². The number of carbonyl (C=O) groups excluding carboxylic acids is 1. The van der Waals surface area contributed by atoms with Gasteiger partial charge in [-0.25, -0.2) is 9.97 Å². The number of thioether (sulfide) groups is 1. The van der Waals surface area contributed by atoms with Gasteiger partial charge in [-0.1, -0.05) is 41.6 Å². The van der Waals surface area contributed by atoms with Crippen LogP contribution in [0.15, 0.2) is 41.0 Å². The summed E-state index contributed by atoms with van der Waals surface area (Å²) in [6, 6.07) is 8.43. The molecule has 118 valence electrons. The van der Waals surface area contributed by atoms with Crippen molar-refractivity contribution in [2.45, 2.75) is 11.9 Å². The minimum absolute atomic E-state index is 0.0777. The normalized spacial score (nSPS) is 10.9. The third kappa shape index (κ3) is 3.38. The van der Waals surface area contributed by atoms with Crippen LogP contribution in [0.2, 0.25) is 0 Å². The summed E-state index contributed by atoms with van der Waals surface area (Å²) < 4.78 is 0. The topological polar surface area (TPSA) is 46.1 Å². The van der Waals surface area contributed by atoms with E-state index in [2.05, 4.69) is 46.5 Å². The molecule has 0 aliphatic carbocycles. The van der Waals surface area contributed by atoms with Crippen molar-refractivity contribution in [3.8, 4) is 11.1 Å². The van der Waals surface area contributed by atoms with Gasteiger partial charge in [0.05, 0.1) is 11.1 Å². The van der Waals surface area contributed by atoms with Gasteiger partial charge in [-0.15, -0.1) is 11.3 Å². The van der Waals surface area contributed by atoms with Crippen molar-refractivity contribution >= 4 is 39.2 Å². The van der Waals surface area contributed by atoms with Crippen LogP contribution in [0.5, 0.6) is 0 Å². The Kier molecular flexibility index (Phi) is 4.63. The zero-order valence-corrected chi connectivity index (χ0v) is 14.9. The Morgan fingerprint density at radius 1 is 1.22 bits per heavy atom. The molecule has 0 bridgehead atoms. The van der Waals surface area contributed by atoms with Crippen molar-refractivity contribution < 1.29 is 4.79 Å². The average molecular weight is 343 g/mol. The zero-order valence-electron chi connectivity index (χ0n) is 13.2. The van der Waals surface area contributed by atoms with Gasteiger partial charge in [0.1, 0.15) is 16.2 Å². The zero-order chi connectivity index (χ0) is 16.4. The number of aromatic nitrogens is 2. The van der Waals surface area contributed by atoms with E-state index in [0.29, 0.717) is 5.75 Å². The molecule has 0 saturated carbocycles. The van der Waals surface area contributed by atoms with Crippen molar-refractivity contribution in [2.75, 3.05) is 19.8 Å². The van der Waals surface area contributed by atoms with Crippen molar-refractivity contribution in [3.63, 3.8) is 0 Å². The number of aryl methyl sites for hydroxylation is 1. The molecular weight excluding hydrogens is 326 g/mol. The highest BCUT2D eigenvalue weighted by Crippen LogP contribution is 2.37. The molecule has 0 aliphatic rings. The predicted molar refractivity (Wildman–Crippen MR) is 97.0 cm³/mol. The Bertz CT molecular complexity index is 841. The van der Waals surface area contributed by atoms with E-state index in [1.54, 1.807) is 36.7 Å². The summed E-state index contributed by atoms with van der Waals surface area (Å²) in [5, 5.41) is 4.02. The quantitative estimate of drug-likeness (QED) is 0.533. The molecule has 4 nitrogen and oxygen atoms in total. The predicted octanol–water partition coefficient (Wildman–Crippen LogP) is 3.85. The molecule has 1 amide bonds. The molecule has 0 atom stereocenters. The van der Waals surface area contributed by atoms with Crippen LogP contribution in [-0.2, 0) is 4.79 Å². The molecule has 0 spiro atoms. The number of benzene rings is 1. The first kappa shape index (κ1) is 16.0. The van der Waals surface area contributed by atoms with Crippen LogP contribution < -0.4 is 0 Å². The summed E-state index contributed by atoms with van der Waals surface area (Å²) in [7, 11) is 3.53. The number of hydrogen-bond donors (Lipinski definition) is 0. The van der Waals surface area contributed by atoms with Crippen molar-refractivity contribution in [3.05, 3.63) is 41.5 Å². The molecular formula is C17H17N3OS2. The van der Waals surface area contributed by atoms with Crippen molar-refractivity contribution in [2.24, 2.45) is 0 Å². The standard InChI is InChI=1S/C17H17N3OS2/c1-11-4-6-12(7-5-11)13-8-22-16-15(13)17(19-10-18-16)23-9-14(21)20(2)3/h4-8,10H,9H2,1-3H3. The molecule has 0 aliphatic heterocycles. The highest BCUT2D eigenvalue weighted by atomic mass is 32.2. The lowest BCUT2D eigenvalue weighted by Gasteiger charge is -2.10. The van der Waals surface area contributed by atoms with E-state index >= 15 is 0 Å². The van der Waals surface area contributed by atoms with Crippen LogP contribution in [0.25, 0.3) is 21.3 Å². The van der Waals surface area contributed by atoms with Gasteiger partial charge in [-0.3, -0.25) is 4.79 Å². The highest BCUT2D eigenvalue weighted by Gasteiger charge is 2.15. The summed E-state index contributed by atoms with van der Waals surface area (Å²) >= 11 is 3.08. The van der Waals surface area contributed by atoms with Gasteiger partial charge >= 0.3 is 0 Å². The number of amides is 1. The third-order valence-electron chi connectivity index (χ3n) is 3.53. The second-order valence-corrected chi connectivity index (χ2v) is 7.27. The van der Waals surface area contributed by atoms with E-state index in [4.69, 9.17) is 0 Å². The molecule has 0 saturated heterocycles. The fourth-order valence-corrected chi connectivity index (χ4v) is 4.13. The van der Waals surface area contributed by atoms with Crippen LogP contribution in [0, 0.1) is 6.92 Å². The molecule has 3 aromatic rings. The maximum Gasteiger partial charge on any atom is 0.232 e. The van der Waals surface area contributed by atoms with E-state index < -0.39 is 0 Å². The lowest BCUT2D eigenvalue weighted by atomic mass is 10.1. The third-order valence-corrected chi connectivity index (χ3v) is 5.39. The van der Waals surface area contributed by atoms with Gasteiger partial charge in [0, 0.05) is 25.0 Å². The van der Waals surface area contributed by atoms with Crippen molar-refractivity contribution in [1.29, 1.82) is 0 Å². The Labute approximate surface area is 143 Å². The van der Waals surface area contributed by atoms with Crippen LogP contribution in [0.1, 0.15) is 5.56 Å². The van der Waals surface area contributed by atoms with Crippen LogP contribution in [0.3, 0.4) is 0 Å². The maximum absolute atomic E-state index is 11.8. The van der Waals surface area contributed by atoms with E-state index in [0.717, 1.165) is 26.4 Å². The van der Waals surface area contributed by atoms with E-state index in [1.807, 2.05) is 0 Å². The van der Waals surface area contributed by atoms with Crippen LogP contribution in [0.4, 0.5) is 0 Å². The van der Waals surface area contributed by atoms with Gasteiger partial charge in [0.25, 0.3) is 0 Å². The molecule has 23 heavy (non-hydrogen) atoms. The number of thiophene rings is 1. The number of carbonyl (C=O) groups is 1. The average Bonchev–Trinajstić information content (AvgIpc) is 2.98. The van der Waals surface area contributed by atoms with Crippen molar-refractivity contribution in [1.82, 2.24) is 14.9 Å². The lowest BCUT2D eigenvalue weighted by molar-refractivity contribution is -0.125. The Hall–Kier alpha value is -1.92. The molecule has 0 N–H and O–H groups in total. The molecule has 3 rings (SSSR count). The fourth-order valence-electron chi connectivity index (χ4n) is 2.16.